The van der Waals surface area contributed by atoms with Crippen LogP contribution in [0.3, 0.4) is 0 Å². The number of methoxy groups -OCH3 is 1. The van der Waals surface area contributed by atoms with E-state index in [2.05, 4.69) is 0 Å². The Kier molecular flexibility index (Phi) is 11.8. The lowest BCUT2D eigenvalue weighted by Crippen LogP contribution is -2.08. The van der Waals surface area contributed by atoms with E-state index in [0.717, 1.165) is 32.5 Å². The fourth-order valence-corrected chi connectivity index (χ4v) is 1.11. The van der Waals surface area contributed by atoms with Gasteiger partial charge in [-0.25, -0.2) is 0 Å². The minimum absolute atomic E-state index is 0.223. The Morgan fingerprint density at radius 3 is 2.07 bits per heavy atom. The van der Waals surface area contributed by atoms with Crippen molar-refractivity contribution in [3.63, 3.8) is 0 Å². The average molecular weight is 220 g/mol. The SMILES string of the molecule is COCCCOCCOCCCC(C)O. The van der Waals surface area contributed by atoms with E-state index in [1.807, 2.05) is 0 Å². The van der Waals surface area contributed by atoms with Crippen LogP contribution in [0.25, 0.3) is 0 Å². The van der Waals surface area contributed by atoms with Crippen molar-refractivity contribution in [3.05, 3.63) is 0 Å². The molecule has 0 aliphatic rings. The number of aliphatic hydroxyl groups is 1. The number of hydrogen-bond acceptors (Lipinski definition) is 4. The third kappa shape index (κ3) is 13.8. The summed E-state index contributed by atoms with van der Waals surface area (Å²) in [5, 5.41) is 8.98. The zero-order chi connectivity index (χ0) is 11.4. The molecular formula is C11H24O4. The van der Waals surface area contributed by atoms with Gasteiger partial charge in [-0.05, 0) is 26.2 Å². The maximum Gasteiger partial charge on any atom is 0.0700 e. The van der Waals surface area contributed by atoms with Crippen LogP contribution in [0.4, 0.5) is 0 Å². The van der Waals surface area contributed by atoms with E-state index in [4.69, 9.17) is 19.3 Å². The van der Waals surface area contributed by atoms with E-state index >= 15 is 0 Å². The highest BCUT2D eigenvalue weighted by Gasteiger charge is 1.95. The Morgan fingerprint density at radius 1 is 0.933 bits per heavy atom. The van der Waals surface area contributed by atoms with Crippen LogP contribution in [0.2, 0.25) is 0 Å². The first kappa shape index (κ1) is 14.8. The molecule has 1 N–H and O–H groups in total. The molecule has 0 radical (unpaired) electrons. The molecule has 0 aromatic heterocycles. The maximum absolute atomic E-state index is 8.98. The Hall–Kier alpha value is -0.160. The Morgan fingerprint density at radius 2 is 1.53 bits per heavy atom. The highest BCUT2D eigenvalue weighted by atomic mass is 16.5. The second-order valence-corrected chi connectivity index (χ2v) is 3.56. The lowest BCUT2D eigenvalue weighted by molar-refractivity contribution is 0.0360. The molecule has 0 aromatic carbocycles. The van der Waals surface area contributed by atoms with Gasteiger partial charge in [-0.15, -0.1) is 0 Å². The summed E-state index contributed by atoms with van der Waals surface area (Å²) in [5.74, 6) is 0. The zero-order valence-electron chi connectivity index (χ0n) is 9.91. The van der Waals surface area contributed by atoms with Crippen molar-refractivity contribution >= 4 is 0 Å². The van der Waals surface area contributed by atoms with Crippen LogP contribution in [-0.2, 0) is 14.2 Å². The number of aliphatic hydroxyl groups excluding tert-OH is 1. The minimum atomic E-state index is -0.223. The summed E-state index contributed by atoms with van der Waals surface area (Å²) in [6.45, 7) is 5.23. The van der Waals surface area contributed by atoms with E-state index in [1.165, 1.54) is 0 Å². The molecule has 0 amide bonds. The van der Waals surface area contributed by atoms with Crippen LogP contribution in [0.1, 0.15) is 26.2 Å². The van der Waals surface area contributed by atoms with Crippen LogP contribution in [0, 0.1) is 0 Å². The van der Waals surface area contributed by atoms with Gasteiger partial charge in [0.15, 0.2) is 0 Å². The van der Waals surface area contributed by atoms with Gasteiger partial charge in [0.2, 0.25) is 0 Å². The summed E-state index contributed by atoms with van der Waals surface area (Å²) in [6.07, 6.45) is 2.41. The van der Waals surface area contributed by atoms with Gasteiger partial charge in [-0.1, -0.05) is 0 Å². The molecule has 0 aliphatic heterocycles. The Balaban J connectivity index is 2.87. The van der Waals surface area contributed by atoms with Gasteiger partial charge in [0.25, 0.3) is 0 Å². The highest BCUT2D eigenvalue weighted by molar-refractivity contribution is 4.46. The van der Waals surface area contributed by atoms with Crippen LogP contribution >= 0.6 is 0 Å². The molecule has 0 spiro atoms. The average Bonchev–Trinajstić information content (AvgIpc) is 2.20. The summed E-state index contributed by atoms with van der Waals surface area (Å²) in [6, 6.07) is 0. The minimum Gasteiger partial charge on any atom is -0.393 e. The third-order valence-corrected chi connectivity index (χ3v) is 1.92. The lowest BCUT2D eigenvalue weighted by atomic mass is 10.2. The fourth-order valence-electron chi connectivity index (χ4n) is 1.11. The summed E-state index contributed by atoms with van der Waals surface area (Å²) in [4.78, 5) is 0. The molecule has 0 aliphatic carbocycles. The highest BCUT2D eigenvalue weighted by Crippen LogP contribution is 1.95. The van der Waals surface area contributed by atoms with Gasteiger partial charge >= 0.3 is 0 Å². The molecule has 0 fully saturated rings. The van der Waals surface area contributed by atoms with E-state index in [1.54, 1.807) is 14.0 Å². The zero-order valence-corrected chi connectivity index (χ0v) is 9.91. The molecule has 0 heterocycles. The normalized spacial score (nSPS) is 13.0. The first-order valence-electron chi connectivity index (χ1n) is 5.60. The first-order valence-corrected chi connectivity index (χ1v) is 5.60. The number of ether oxygens (including phenoxy) is 3. The molecule has 4 nitrogen and oxygen atoms in total. The summed E-state index contributed by atoms with van der Waals surface area (Å²) in [7, 11) is 1.69. The van der Waals surface area contributed by atoms with Crippen LogP contribution in [0.15, 0.2) is 0 Å². The van der Waals surface area contributed by atoms with Gasteiger partial charge < -0.3 is 19.3 Å². The molecule has 0 saturated heterocycles. The van der Waals surface area contributed by atoms with Gasteiger partial charge in [0, 0.05) is 26.9 Å². The van der Waals surface area contributed by atoms with Gasteiger partial charge in [0.1, 0.15) is 0 Å². The fraction of sp³-hybridized carbons (Fsp3) is 1.00. The van der Waals surface area contributed by atoms with Crippen molar-refractivity contribution in [1.29, 1.82) is 0 Å². The maximum atomic E-state index is 8.98. The Bertz CT molecular complexity index is 117. The predicted octanol–water partition coefficient (Wildman–Crippen LogP) is 1.22. The number of hydrogen-bond donors (Lipinski definition) is 1. The van der Waals surface area contributed by atoms with Crippen molar-refractivity contribution in [2.45, 2.75) is 32.3 Å². The van der Waals surface area contributed by atoms with E-state index in [-0.39, 0.29) is 6.10 Å². The topological polar surface area (TPSA) is 47.9 Å². The number of rotatable bonds is 11. The molecule has 1 unspecified atom stereocenters. The van der Waals surface area contributed by atoms with Crippen molar-refractivity contribution in [2.75, 3.05) is 40.1 Å². The summed E-state index contributed by atoms with van der Waals surface area (Å²) >= 11 is 0. The van der Waals surface area contributed by atoms with Crippen LogP contribution in [-0.4, -0.2) is 51.4 Å². The van der Waals surface area contributed by atoms with Crippen molar-refractivity contribution in [1.82, 2.24) is 0 Å². The molecule has 1 atom stereocenters. The molecule has 92 valence electrons. The van der Waals surface area contributed by atoms with Gasteiger partial charge in [-0.3, -0.25) is 0 Å². The van der Waals surface area contributed by atoms with Crippen LogP contribution < -0.4 is 0 Å². The second-order valence-electron chi connectivity index (χ2n) is 3.56. The standard InChI is InChI=1S/C11H24O4/c1-11(12)5-3-7-14-9-10-15-8-4-6-13-2/h11-12H,3-10H2,1-2H3. The monoisotopic (exact) mass is 220 g/mol. The molecule has 4 heteroatoms. The van der Waals surface area contributed by atoms with E-state index in [9.17, 15) is 0 Å². The smallest absolute Gasteiger partial charge is 0.0700 e. The van der Waals surface area contributed by atoms with Crippen molar-refractivity contribution < 1.29 is 19.3 Å². The summed E-state index contributed by atoms with van der Waals surface area (Å²) in [5.41, 5.74) is 0. The van der Waals surface area contributed by atoms with Crippen molar-refractivity contribution in [2.24, 2.45) is 0 Å². The van der Waals surface area contributed by atoms with E-state index < -0.39 is 0 Å². The quantitative estimate of drug-likeness (QED) is 0.532. The first-order chi connectivity index (χ1) is 7.27. The van der Waals surface area contributed by atoms with Crippen LogP contribution in [0.5, 0.6) is 0 Å². The predicted molar refractivity (Wildman–Crippen MR) is 59.0 cm³/mol. The second kappa shape index (κ2) is 11.9. The largest absolute Gasteiger partial charge is 0.393 e. The van der Waals surface area contributed by atoms with Crippen molar-refractivity contribution in [3.8, 4) is 0 Å². The third-order valence-electron chi connectivity index (χ3n) is 1.92. The summed E-state index contributed by atoms with van der Waals surface area (Å²) < 4.78 is 15.5. The molecule has 0 saturated carbocycles. The molecule has 0 rings (SSSR count). The molecule has 15 heavy (non-hydrogen) atoms. The lowest BCUT2D eigenvalue weighted by Gasteiger charge is -2.06. The molecule has 0 bridgehead atoms. The molecular weight excluding hydrogens is 196 g/mol. The van der Waals surface area contributed by atoms with E-state index in [0.29, 0.717) is 19.8 Å². The molecule has 0 aromatic rings. The van der Waals surface area contributed by atoms with Gasteiger partial charge in [0.05, 0.1) is 19.3 Å². The Labute approximate surface area is 92.5 Å². The van der Waals surface area contributed by atoms with Gasteiger partial charge in [-0.2, -0.15) is 0 Å².